The molecule has 1 aliphatic heterocycles. The molecule has 11 heteroatoms. The smallest absolute Gasteiger partial charge is 0.252 e. The van der Waals surface area contributed by atoms with Crippen molar-refractivity contribution in [1.29, 1.82) is 0 Å². The monoisotopic (exact) mass is 477 g/mol. The number of anilines is 1. The van der Waals surface area contributed by atoms with E-state index >= 15 is 0 Å². The molecule has 8 nitrogen and oxygen atoms in total. The number of hydrogen-bond donors (Lipinski definition) is 5. The molecule has 0 spiro atoms. The summed E-state index contributed by atoms with van der Waals surface area (Å²) in [6.07, 6.45) is -0.963. The van der Waals surface area contributed by atoms with Gasteiger partial charge in [0.05, 0.1) is 11.9 Å². The molecule has 0 aromatic heterocycles. The molecule has 1 fully saturated rings. The van der Waals surface area contributed by atoms with E-state index in [1.165, 1.54) is 0 Å². The quantitative estimate of drug-likeness (QED) is 0.431. The Hall–Kier alpha value is -3.02. The lowest BCUT2D eigenvalue weighted by atomic mass is 10.1. The van der Waals surface area contributed by atoms with E-state index in [1.54, 1.807) is 0 Å². The van der Waals surface area contributed by atoms with Crippen molar-refractivity contribution in [2.45, 2.75) is 38.5 Å². The number of nitrogens with two attached hydrogens (primary N) is 1. The highest BCUT2D eigenvalue weighted by molar-refractivity contribution is 8.00. The number of benzene rings is 2. The third-order valence-corrected chi connectivity index (χ3v) is 6.07. The Labute approximate surface area is 194 Å². The molecule has 3 atom stereocenters. The molecule has 0 aliphatic carbocycles. The molecule has 2 aromatic carbocycles. The Morgan fingerprint density at radius 2 is 1.76 bits per heavy atom. The largest absolute Gasteiger partial charge is 0.338 e. The summed E-state index contributed by atoms with van der Waals surface area (Å²) in [5, 5.41) is 10.8. The third-order valence-electron chi connectivity index (χ3n) is 5.05. The molecule has 3 unspecified atom stereocenters. The average molecular weight is 478 g/mol. The highest BCUT2D eigenvalue weighted by Gasteiger charge is 2.35. The number of aryl methyl sites for hydroxylation is 3. The van der Waals surface area contributed by atoms with Crippen molar-refractivity contribution in [2.24, 2.45) is 5.73 Å². The SMILES string of the molecule is Cc1cc(C)c(NC(=O)CSC2NC(=O)C(NC(=O)c3ccc(F)c(F)c3)C(N)N2)c(C)c1. The first kappa shape index (κ1) is 24.6. The summed E-state index contributed by atoms with van der Waals surface area (Å²) in [5.74, 6) is -3.81. The van der Waals surface area contributed by atoms with Crippen molar-refractivity contribution in [3.8, 4) is 0 Å². The summed E-state index contributed by atoms with van der Waals surface area (Å²) in [4.78, 5) is 37.2. The molecular weight excluding hydrogens is 452 g/mol. The topological polar surface area (TPSA) is 125 Å². The lowest BCUT2D eigenvalue weighted by Crippen LogP contribution is -2.70. The van der Waals surface area contributed by atoms with Crippen molar-refractivity contribution in [2.75, 3.05) is 11.1 Å². The number of thioether (sulfide) groups is 1. The number of carbonyl (C=O) groups excluding carboxylic acids is 3. The third kappa shape index (κ3) is 6.06. The van der Waals surface area contributed by atoms with Crippen LogP contribution < -0.4 is 27.0 Å². The fourth-order valence-electron chi connectivity index (χ4n) is 3.51. The van der Waals surface area contributed by atoms with Gasteiger partial charge in [0.15, 0.2) is 11.6 Å². The van der Waals surface area contributed by atoms with Gasteiger partial charge in [-0.2, -0.15) is 0 Å². The molecule has 1 saturated heterocycles. The zero-order valence-corrected chi connectivity index (χ0v) is 19.1. The van der Waals surface area contributed by atoms with Crippen LogP contribution >= 0.6 is 11.8 Å². The van der Waals surface area contributed by atoms with Crippen LogP contribution in [0.3, 0.4) is 0 Å². The molecular formula is C22H25F2N5O3S. The van der Waals surface area contributed by atoms with Gasteiger partial charge in [0.25, 0.3) is 5.91 Å². The lowest BCUT2D eigenvalue weighted by Gasteiger charge is -2.35. The molecule has 2 aromatic rings. The first-order valence-electron chi connectivity index (χ1n) is 10.1. The van der Waals surface area contributed by atoms with Crippen molar-refractivity contribution < 1.29 is 23.2 Å². The van der Waals surface area contributed by atoms with Crippen LogP contribution in [0, 0.1) is 32.4 Å². The Kier molecular flexibility index (Phi) is 7.67. The minimum absolute atomic E-state index is 0.0449. The molecule has 0 saturated carbocycles. The van der Waals surface area contributed by atoms with Crippen LogP contribution in [0.2, 0.25) is 0 Å². The number of amides is 3. The average Bonchev–Trinajstić information content (AvgIpc) is 2.73. The van der Waals surface area contributed by atoms with Crippen molar-refractivity contribution >= 4 is 35.2 Å². The van der Waals surface area contributed by atoms with Crippen molar-refractivity contribution in [3.63, 3.8) is 0 Å². The Morgan fingerprint density at radius 1 is 1.09 bits per heavy atom. The fourth-order valence-corrected chi connectivity index (χ4v) is 4.36. The van der Waals surface area contributed by atoms with Gasteiger partial charge in [-0.05, 0) is 50.1 Å². The van der Waals surface area contributed by atoms with E-state index < -0.39 is 41.2 Å². The number of hydrogen-bond acceptors (Lipinski definition) is 6. The molecule has 3 rings (SSSR count). The summed E-state index contributed by atoms with van der Waals surface area (Å²) in [6.45, 7) is 5.81. The Morgan fingerprint density at radius 3 is 2.36 bits per heavy atom. The van der Waals surface area contributed by atoms with Gasteiger partial charge < -0.3 is 21.7 Å². The van der Waals surface area contributed by atoms with Gasteiger partial charge in [-0.25, -0.2) is 8.78 Å². The van der Waals surface area contributed by atoms with E-state index in [0.717, 1.165) is 52.3 Å². The predicted octanol–water partition coefficient (Wildman–Crippen LogP) is 1.65. The van der Waals surface area contributed by atoms with Gasteiger partial charge in [0, 0.05) is 11.3 Å². The van der Waals surface area contributed by atoms with E-state index in [0.29, 0.717) is 0 Å². The van der Waals surface area contributed by atoms with E-state index in [1.807, 2.05) is 32.9 Å². The van der Waals surface area contributed by atoms with Crippen LogP contribution in [0.25, 0.3) is 0 Å². The highest BCUT2D eigenvalue weighted by Crippen LogP contribution is 2.22. The Bertz CT molecular complexity index is 1070. The van der Waals surface area contributed by atoms with Gasteiger partial charge in [-0.15, -0.1) is 11.8 Å². The van der Waals surface area contributed by atoms with Crippen LogP contribution in [-0.2, 0) is 9.59 Å². The van der Waals surface area contributed by atoms with Crippen LogP contribution in [-0.4, -0.2) is 41.2 Å². The molecule has 6 N–H and O–H groups in total. The van der Waals surface area contributed by atoms with E-state index in [-0.39, 0.29) is 17.2 Å². The molecule has 33 heavy (non-hydrogen) atoms. The highest BCUT2D eigenvalue weighted by atomic mass is 32.2. The number of rotatable bonds is 6. The van der Waals surface area contributed by atoms with Crippen molar-refractivity contribution in [3.05, 3.63) is 64.2 Å². The number of nitrogens with one attached hydrogen (secondary N) is 4. The second kappa shape index (κ2) is 10.3. The number of halogens is 2. The molecule has 176 valence electrons. The van der Waals surface area contributed by atoms with E-state index in [4.69, 9.17) is 5.73 Å². The number of carbonyl (C=O) groups is 3. The zero-order chi connectivity index (χ0) is 24.3. The molecule has 0 bridgehead atoms. The summed E-state index contributed by atoms with van der Waals surface area (Å²) in [5.41, 5.74) is 8.95. The van der Waals surface area contributed by atoms with E-state index in [9.17, 15) is 23.2 Å². The van der Waals surface area contributed by atoms with Crippen molar-refractivity contribution in [1.82, 2.24) is 16.0 Å². The predicted molar refractivity (Wildman–Crippen MR) is 122 cm³/mol. The fraction of sp³-hybridized carbons (Fsp3) is 0.318. The Balaban J connectivity index is 1.53. The summed E-state index contributed by atoms with van der Waals surface area (Å²) >= 11 is 1.13. The van der Waals surface area contributed by atoms with E-state index in [2.05, 4.69) is 21.3 Å². The standard InChI is InChI=1S/C22H25F2N5O3S/c1-10-6-11(2)17(12(3)7-10)26-16(30)9-33-22-28-19(25)18(21(32)29-22)27-20(31)13-4-5-14(23)15(24)8-13/h4-8,18-19,22,28H,9,25H2,1-3H3,(H,26,30)(H,27,31)(H,29,32). The second-order valence-corrected chi connectivity index (χ2v) is 8.89. The van der Waals surface area contributed by atoms with Gasteiger partial charge in [-0.1, -0.05) is 17.7 Å². The normalized spacial score (nSPS) is 20.2. The second-order valence-electron chi connectivity index (χ2n) is 7.79. The minimum atomic E-state index is -1.18. The maximum absolute atomic E-state index is 13.4. The summed E-state index contributed by atoms with van der Waals surface area (Å²) in [7, 11) is 0. The first-order valence-corrected chi connectivity index (χ1v) is 11.2. The van der Waals surface area contributed by atoms with Crippen LogP contribution in [0.1, 0.15) is 27.0 Å². The van der Waals surface area contributed by atoms with Crippen LogP contribution in [0.15, 0.2) is 30.3 Å². The summed E-state index contributed by atoms with van der Waals surface area (Å²) in [6, 6.07) is 5.47. The lowest BCUT2D eigenvalue weighted by molar-refractivity contribution is -0.125. The maximum Gasteiger partial charge on any atom is 0.252 e. The summed E-state index contributed by atoms with van der Waals surface area (Å²) < 4.78 is 26.4. The van der Waals surface area contributed by atoms with Gasteiger partial charge >= 0.3 is 0 Å². The van der Waals surface area contributed by atoms with Gasteiger partial charge in [-0.3, -0.25) is 19.7 Å². The molecule has 0 radical (unpaired) electrons. The maximum atomic E-state index is 13.4. The first-order chi connectivity index (χ1) is 15.5. The van der Waals surface area contributed by atoms with Gasteiger partial charge in [0.1, 0.15) is 11.5 Å². The van der Waals surface area contributed by atoms with Crippen LogP contribution in [0.5, 0.6) is 0 Å². The molecule has 3 amide bonds. The zero-order valence-electron chi connectivity index (χ0n) is 18.3. The van der Waals surface area contributed by atoms with Crippen LogP contribution in [0.4, 0.5) is 14.5 Å². The molecule has 1 heterocycles. The van der Waals surface area contributed by atoms with Gasteiger partial charge in [0.2, 0.25) is 11.8 Å². The minimum Gasteiger partial charge on any atom is -0.338 e. The molecule has 1 aliphatic rings.